The first kappa shape index (κ1) is 25.7. The average molecular weight is 471 g/mol. The van der Waals surface area contributed by atoms with Crippen molar-refractivity contribution in [1.82, 2.24) is 5.32 Å². The Morgan fingerprint density at radius 1 is 1.12 bits per heavy atom. The van der Waals surface area contributed by atoms with Crippen molar-refractivity contribution in [3.63, 3.8) is 0 Å². The summed E-state index contributed by atoms with van der Waals surface area (Å²) in [7, 11) is -0.475. The van der Waals surface area contributed by atoms with E-state index in [-0.39, 0.29) is 11.9 Å². The molecule has 2 aliphatic carbocycles. The smallest absolute Gasteiger partial charge is 0.493 e. The molecule has 4 nitrogen and oxygen atoms in total. The van der Waals surface area contributed by atoms with Gasteiger partial charge in [0.2, 0.25) is 0 Å². The van der Waals surface area contributed by atoms with Crippen LogP contribution in [0.3, 0.4) is 0 Å². The highest BCUT2D eigenvalue weighted by atomic mass is 19.1. The summed E-state index contributed by atoms with van der Waals surface area (Å²) in [6, 6.07) is 5.43. The molecule has 1 aliphatic heterocycles. The van der Waals surface area contributed by atoms with Crippen molar-refractivity contribution >= 4 is 12.6 Å². The van der Waals surface area contributed by atoms with Gasteiger partial charge in [-0.15, -0.1) is 0 Å². The Morgan fingerprint density at radius 3 is 2.35 bits per heavy atom. The second kappa shape index (κ2) is 10.3. The van der Waals surface area contributed by atoms with Gasteiger partial charge in [0, 0.05) is 0 Å². The van der Waals surface area contributed by atoms with Gasteiger partial charge in [-0.1, -0.05) is 26.0 Å². The summed E-state index contributed by atoms with van der Waals surface area (Å²) in [5.74, 6) is 1.57. The van der Waals surface area contributed by atoms with Crippen molar-refractivity contribution in [1.29, 1.82) is 0 Å². The third-order valence-corrected chi connectivity index (χ3v) is 7.85. The Bertz CT molecular complexity index is 870. The molecule has 3 aliphatic rings. The number of hydrogen-bond donors (Lipinski definition) is 1. The van der Waals surface area contributed by atoms with E-state index < -0.39 is 18.3 Å². The molecule has 34 heavy (non-hydrogen) atoms. The number of nitrogens with one attached hydrogen (secondary N) is 1. The monoisotopic (exact) mass is 471 g/mol. The lowest BCUT2D eigenvalue weighted by atomic mass is 9.78. The summed E-state index contributed by atoms with van der Waals surface area (Å²) in [6.07, 6.45) is 9.20. The topological polar surface area (TPSA) is 39.7 Å². The van der Waals surface area contributed by atoms with E-state index in [0.29, 0.717) is 30.6 Å². The van der Waals surface area contributed by atoms with Crippen molar-refractivity contribution in [2.24, 2.45) is 5.92 Å². The van der Waals surface area contributed by atoms with Crippen LogP contribution in [0.15, 0.2) is 29.5 Å². The lowest BCUT2D eigenvalue weighted by Crippen LogP contribution is -2.41. The Labute approximate surface area is 206 Å². The van der Waals surface area contributed by atoms with Crippen LogP contribution < -0.4 is 10.8 Å². The van der Waals surface area contributed by atoms with Gasteiger partial charge in [-0.3, -0.25) is 0 Å². The molecule has 1 saturated heterocycles. The molecule has 188 valence electrons. The molecule has 1 unspecified atom stereocenters. The molecule has 1 aromatic rings. The number of halogens is 1. The third-order valence-electron chi connectivity index (χ3n) is 7.85. The predicted octanol–water partition coefficient (Wildman–Crippen LogP) is 5.68. The van der Waals surface area contributed by atoms with Gasteiger partial charge >= 0.3 is 7.12 Å². The van der Waals surface area contributed by atoms with Crippen LogP contribution in [-0.2, 0) is 20.5 Å². The molecule has 0 radical (unpaired) electrons. The van der Waals surface area contributed by atoms with Gasteiger partial charge in [-0.2, -0.15) is 0 Å². The molecule has 0 aromatic heterocycles. The van der Waals surface area contributed by atoms with Gasteiger partial charge in [-0.05, 0) is 114 Å². The van der Waals surface area contributed by atoms with Gasteiger partial charge in [0.15, 0.2) is 0 Å². The number of rotatable bonds is 10. The minimum atomic E-state index is -0.475. The van der Waals surface area contributed by atoms with Crippen molar-refractivity contribution in [3.05, 3.63) is 40.9 Å². The van der Waals surface area contributed by atoms with Crippen molar-refractivity contribution in [3.8, 4) is 0 Å². The number of ether oxygens (including phenoxy) is 1. The van der Waals surface area contributed by atoms with E-state index in [9.17, 15) is 4.39 Å². The first-order chi connectivity index (χ1) is 16.1. The van der Waals surface area contributed by atoms with Crippen LogP contribution in [0, 0.1) is 11.7 Å². The Hall–Kier alpha value is -1.37. The van der Waals surface area contributed by atoms with Gasteiger partial charge in [0.25, 0.3) is 0 Å². The standard InChI is InChI=1S/C28H43BFNO3/c1-19(2)17-25(26(20-11-12-20)32-23-9-7-8-10-23)31-16-15-21-18-22(13-14-24(21)30)29-33-27(3,4)28(5,6)34-29/h13-14,18-19,23,25,31H,7-12,15-17H2,1-6H3. The molecular weight excluding hydrogens is 428 g/mol. The Balaban J connectivity index is 1.41. The summed E-state index contributed by atoms with van der Waals surface area (Å²) >= 11 is 0. The minimum Gasteiger partial charge on any atom is -0.493 e. The molecule has 0 bridgehead atoms. The van der Waals surface area contributed by atoms with E-state index in [1.54, 1.807) is 12.1 Å². The number of hydrogen-bond acceptors (Lipinski definition) is 4. The fraction of sp³-hybridized carbons (Fsp3) is 0.714. The third kappa shape index (κ3) is 6.06. The second-order valence-electron chi connectivity index (χ2n) is 11.8. The molecular formula is C28H43BFNO3. The first-order valence-electron chi connectivity index (χ1n) is 13.3. The van der Waals surface area contributed by atoms with E-state index in [1.165, 1.54) is 37.0 Å². The zero-order chi connectivity index (χ0) is 24.5. The van der Waals surface area contributed by atoms with E-state index in [0.717, 1.165) is 24.7 Å². The molecule has 4 rings (SSSR count). The van der Waals surface area contributed by atoms with Gasteiger partial charge < -0.3 is 19.4 Å². The lowest BCUT2D eigenvalue weighted by Gasteiger charge is -2.32. The summed E-state index contributed by atoms with van der Waals surface area (Å²) in [4.78, 5) is 0. The highest BCUT2D eigenvalue weighted by molar-refractivity contribution is 6.62. The quantitative estimate of drug-likeness (QED) is 0.352. The van der Waals surface area contributed by atoms with E-state index in [1.807, 2.05) is 33.8 Å². The molecule has 1 heterocycles. The zero-order valence-corrected chi connectivity index (χ0v) is 22.0. The highest BCUT2D eigenvalue weighted by Gasteiger charge is 2.51. The highest BCUT2D eigenvalue weighted by Crippen LogP contribution is 2.38. The van der Waals surface area contributed by atoms with Crippen LogP contribution in [0.5, 0.6) is 0 Å². The van der Waals surface area contributed by atoms with Gasteiger partial charge in [0.1, 0.15) is 11.6 Å². The van der Waals surface area contributed by atoms with Crippen molar-refractivity contribution in [2.45, 2.75) is 116 Å². The molecule has 3 fully saturated rings. The van der Waals surface area contributed by atoms with Crippen LogP contribution in [0.4, 0.5) is 4.39 Å². The Morgan fingerprint density at radius 2 is 1.76 bits per heavy atom. The van der Waals surface area contributed by atoms with E-state index in [4.69, 9.17) is 14.0 Å². The molecule has 1 atom stereocenters. The molecule has 0 amide bonds. The average Bonchev–Trinajstić information content (AvgIpc) is 3.40. The van der Waals surface area contributed by atoms with Crippen molar-refractivity contribution in [2.75, 3.05) is 6.54 Å². The van der Waals surface area contributed by atoms with Gasteiger partial charge in [0.05, 0.1) is 23.3 Å². The fourth-order valence-corrected chi connectivity index (χ4v) is 4.95. The van der Waals surface area contributed by atoms with Crippen molar-refractivity contribution < 1.29 is 18.4 Å². The molecule has 0 spiro atoms. The number of allylic oxidation sites excluding steroid dienone is 1. The molecule has 2 saturated carbocycles. The SMILES string of the molecule is CC(C)CC(NCCc1cc(B2OC(C)(C)C(C)(C)O2)ccc1F)C(OC1CCCC1)=C1CC1. The second-order valence-corrected chi connectivity index (χ2v) is 11.8. The maximum atomic E-state index is 14.7. The van der Waals surface area contributed by atoms with Crippen LogP contribution in [0.1, 0.15) is 92.1 Å². The normalized spacial score (nSPS) is 22.5. The number of benzene rings is 1. The molecule has 6 heteroatoms. The van der Waals surface area contributed by atoms with Crippen LogP contribution in [0.25, 0.3) is 0 Å². The maximum absolute atomic E-state index is 14.7. The fourth-order valence-electron chi connectivity index (χ4n) is 4.95. The van der Waals surface area contributed by atoms with Crippen LogP contribution in [0.2, 0.25) is 0 Å². The summed E-state index contributed by atoms with van der Waals surface area (Å²) in [5, 5.41) is 3.73. The summed E-state index contributed by atoms with van der Waals surface area (Å²) in [6.45, 7) is 13.4. The van der Waals surface area contributed by atoms with E-state index >= 15 is 0 Å². The van der Waals surface area contributed by atoms with Crippen LogP contribution >= 0.6 is 0 Å². The molecule has 1 aromatic carbocycles. The van der Waals surface area contributed by atoms with E-state index in [2.05, 4.69) is 19.2 Å². The summed E-state index contributed by atoms with van der Waals surface area (Å²) < 4.78 is 33.6. The Kier molecular flexibility index (Phi) is 7.81. The lowest BCUT2D eigenvalue weighted by molar-refractivity contribution is 0.00578. The van der Waals surface area contributed by atoms with Gasteiger partial charge in [-0.25, -0.2) is 4.39 Å². The predicted molar refractivity (Wildman–Crippen MR) is 137 cm³/mol. The zero-order valence-electron chi connectivity index (χ0n) is 22.0. The minimum absolute atomic E-state index is 0.176. The van der Waals surface area contributed by atoms with Crippen LogP contribution in [-0.4, -0.2) is 37.0 Å². The largest absolute Gasteiger partial charge is 0.494 e. The maximum Gasteiger partial charge on any atom is 0.494 e. The summed E-state index contributed by atoms with van der Waals surface area (Å²) in [5.41, 5.74) is 2.21. The first-order valence-corrected chi connectivity index (χ1v) is 13.3. The molecule has 1 N–H and O–H groups in total.